The van der Waals surface area contributed by atoms with Crippen molar-refractivity contribution in [3.63, 3.8) is 0 Å². The van der Waals surface area contributed by atoms with Gasteiger partial charge in [-0.1, -0.05) is 25.3 Å². The normalized spacial score (nSPS) is 17.6. The van der Waals surface area contributed by atoms with Crippen molar-refractivity contribution in [1.29, 1.82) is 0 Å². The van der Waals surface area contributed by atoms with Crippen molar-refractivity contribution in [3.8, 4) is 0 Å². The molecular formula is C16H25NO2S. The predicted molar refractivity (Wildman–Crippen MR) is 82.5 cm³/mol. The van der Waals surface area contributed by atoms with E-state index in [9.17, 15) is 8.42 Å². The molecule has 0 bridgehead atoms. The number of nitrogens with zero attached hydrogens (tertiary/aromatic N) is 1. The molecule has 2 rings (SSSR count). The second-order valence-electron chi connectivity index (χ2n) is 6.02. The van der Waals surface area contributed by atoms with Crippen molar-refractivity contribution in [1.82, 2.24) is 4.31 Å². The highest BCUT2D eigenvalue weighted by atomic mass is 32.2. The maximum absolute atomic E-state index is 12.8. The van der Waals surface area contributed by atoms with Gasteiger partial charge in [0.1, 0.15) is 0 Å². The van der Waals surface area contributed by atoms with Crippen molar-refractivity contribution in [2.45, 2.75) is 63.8 Å². The molecule has 0 heterocycles. The van der Waals surface area contributed by atoms with Crippen molar-refractivity contribution >= 4 is 10.0 Å². The van der Waals surface area contributed by atoms with E-state index in [1.807, 2.05) is 32.9 Å². The lowest BCUT2D eigenvalue weighted by Gasteiger charge is -2.31. The van der Waals surface area contributed by atoms with E-state index in [-0.39, 0.29) is 6.04 Å². The van der Waals surface area contributed by atoms with Gasteiger partial charge in [0.05, 0.1) is 4.90 Å². The minimum Gasteiger partial charge on any atom is -0.207 e. The van der Waals surface area contributed by atoms with Crippen LogP contribution in [0, 0.1) is 20.8 Å². The zero-order chi connectivity index (χ0) is 14.9. The molecular weight excluding hydrogens is 270 g/mol. The average Bonchev–Trinajstić information content (AvgIpc) is 2.42. The summed E-state index contributed by atoms with van der Waals surface area (Å²) in [4.78, 5) is 0.466. The Bertz CT molecular complexity index is 587. The second-order valence-corrected chi connectivity index (χ2v) is 7.98. The average molecular weight is 295 g/mol. The van der Waals surface area contributed by atoms with E-state index in [0.717, 1.165) is 42.4 Å². The number of aryl methyl sites for hydroxylation is 3. The van der Waals surface area contributed by atoms with E-state index in [0.29, 0.717) is 4.90 Å². The van der Waals surface area contributed by atoms with Crippen LogP contribution < -0.4 is 0 Å². The van der Waals surface area contributed by atoms with Gasteiger partial charge in [0, 0.05) is 13.1 Å². The Kier molecular flexibility index (Phi) is 4.55. The van der Waals surface area contributed by atoms with Gasteiger partial charge in [-0.2, -0.15) is 4.31 Å². The molecule has 1 fully saturated rings. The minimum atomic E-state index is -3.38. The van der Waals surface area contributed by atoms with Gasteiger partial charge >= 0.3 is 0 Å². The molecule has 0 aromatic heterocycles. The maximum Gasteiger partial charge on any atom is 0.243 e. The van der Waals surface area contributed by atoms with Crippen LogP contribution in [-0.4, -0.2) is 25.8 Å². The Morgan fingerprint density at radius 2 is 1.50 bits per heavy atom. The third-order valence-electron chi connectivity index (χ3n) is 4.54. The quantitative estimate of drug-likeness (QED) is 0.855. The third kappa shape index (κ3) is 2.91. The summed E-state index contributed by atoms with van der Waals surface area (Å²) in [5.41, 5.74) is 3.02. The highest BCUT2D eigenvalue weighted by Gasteiger charge is 2.30. The molecule has 0 N–H and O–H groups in total. The number of benzene rings is 1. The predicted octanol–water partition coefficient (Wildman–Crippen LogP) is 3.57. The van der Waals surface area contributed by atoms with E-state index < -0.39 is 10.0 Å². The molecule has 0 unspecified atom stereocenters. The molecule has 1 aliphatic rings. The summed E-state index contributed by atoms with van der Waals surface area (Å²) in [6, 6.07) is 3.95. The molecule has 0 amide bonds. The monoisotopic (exact) mass is 295 g/mol. The lowest BCUT2D eigenvalue weighted by Crippen LogP contribution is -2.38. The molecule has 1 aromatic carbocycles. The first kappa shape index (κ1) is 15.5. The van der Waals surface area contributed by atoms with Gasteiger partial charge in [0.15, 0.2) is 0 Å². The van der Waals surface area contributed by atoms with E-state index in [4.69, 9.17) is 0 Å². The lowest BCUT2D eigenvalue weighted by molar-refractivity contribution is 0.285. The van der Waals surface area contributed by atoms with E-state index in [1.165, 1.54) is 6.42 Å². The van der Waals surface area contributed by atoms with Gasteiger partial charge in [-0.15, -0.1) is 0 Å². The van der Waals surface area contributed by atoms with Crippen molar-refractivity contribution < 1.29 is 8.42 Å². The maximum atomic E-state index is 12.8. The second kappa shape index (κ2) is 5.86. The summed E-state index contributed by atoms with van der Waals surface area (Å²) in [6.45, 7) is 5.87. The summed E-state index contributed by atoms with van der Waals surface area (Å²) < 4.78 is 27.3. The molecule has 1 aliphatic carbocycles. The standard InChI is InChI=1S/C16H25NO2S/c1-12-10-14(3)16(11-13(12)2)20(18,19)17(4)15-8-6-5-7-9-15/h10-11,15H,5-9H2,1-4H3. The molecule has 1 saturated carbocycles. The molecule has 0 radical (unpaired) electrons. The topological polar surface area (TPSA) is 37.4 Å². The van der Waals surface area contributed by atoms with Crippen molar-refractivity contribution in [2.24, 2.45) is 0 Å². The van der Waals surface area contributed by atoms with Crippen molar-refractivity contribution in [2.75, 3.05) is 7.05 Å². The summed E-state index contributed by atoms with van der Waals surface area (Å²) in [6.07, 6.45) is 5.47. The minimum absolute atomic E-state index is 0.162. The fourth-order valence-corrected chi connectivity index (χ4v) is 4.71. The van der Waals surface area contributed by atoms with Crippen LogP contribution in [0.25, 0.3) is 0 Å². The van der Waals surface area contributed by atoms with E-state index in [1.54, 1.807) is 11.4 Å². The van der Waals surface area contributed by atoms with Gasteiger partial charge in [-0.25, -0.2) is 8.42 Å². The van der Waals surface area contributed by atoms with Crippen LogP contribution >= 0.6 is 0 Å². The Hall–Kier alpha value is -0.870. The molecule has 0 saturated heterocycles. The van der Waals surface area contributed by atoms with Gasteiger partial charge in [-0.3, -0.25) is 0 Å². The first-order valence-electron chi connectivity index (χ1n) is 7.40. The first-order valence-corrected chi connectivity index (χ1v) is 8.84. The number of rotatable bonds is 3. The van der Waals surface area contributed by atoms with Crippen LogP contribution in [0.4, 0.5) is 0 Å². The van der Waals surface area contributed by atoms with E-state index >= 15 is 0 Å². The Balaban J connectivity index is 2.36. The summed E-state index contributed by atoms with van der Waals surface area (Å²) in [7, 11) is -1.64. The highest BCUT2D eigenvalue weighted by molar-refractivity contribution is 7.89. The fraction of sp³-hybridized carbons (Fsp3) is 0.625. The van der Waals surface area contributed by atoms with E-state index in [2.05, 4.69) is 0 Å². The fourth-order valence-electron chi connectivity index (χ4n) is 3.01. The van der Waals surface area contributed by atoms with Crippen molar-refractivity contribution in [3.05, 3.63) is 28.8 Å². The number of sulfonamides is 1. The smallest absolute Gasteiger partial charge is 0.207 e. The summed E-state index contributed by atoms with van der Waals surface area (Å²) >= 11 is 0. The van der Waals surface area contributed by atoms with Crippen LogP contribution in [0.5, 0.6) is 0 Å². The van der Waals surface area contributed by atoms with Crippen LogP contribution in [0.1, 0.15) is 48.8 Å². The molecule has 0 atom stereocenters. The molecule has 3 nitrogen and oxygen atoms in total. The van der Waals surface area contributed by atoms with Gasteiger partial charge < -0.3 is 0 Å². The van der Waals surface area contributed by atoms with Crippen LogP contribution in [-0.2, 0) is 10.0 Å². The van der Waals surface area contributed by atoms with Crippen LogP contribution in [0.15, 0.2) is 17.0 Å². The summed E-state index contributed by atoms with van der Waals surface area (Å²) in [5.74, 6) is 0. The molecule has 112 valence electrons. The van der Waals surface area contributed by atoms with Gasteiger partial charge in [-0.05, 0) is 56.4 Å². The molecule has 20 heavy (non-hydrogen) atoms. The Morgan fingerprint density at radius 1 is 0.950 bits per heavy atom. The third-order valence-corrected chi connectivity index (χ3v) is 6.59. The first-order chi connectivity index (χ1) is 9.34. The lowest BCUT2D eigenvalue weighted by atomic mass is 9.96. The Labute approximate surface area is 123 Å². The molecule has 4 heteroatoms. The summed E-state index contributed by atoms with van der Waals surface area (Å²) in [5, 5.41) is 0. The highest BCUT2D eigenvalue weighted by Crippen LogP contribution is 2.28. The molecule has 1 aromatic rings. The van der Waals surface area contributed by atoms with Crippen LogP contribution in [0.3, 0.4) is 0 Å². The van der Waals surface area contributed by atoms with Gasteiger partial charge in [0.25, 0.3) is 0 Å². The largest absolute Gasteiger partial charge is 0.243 e. The molecule has 0 spiro atoms. The van der Waals surface area contributed by atoms with Gasteiger partial charge in [0.2, 0.25) is 10.0 Å². The SMILES string of the molecule is Cc1cc(C)c(S(=O)(=O)N(C)C2CCCCC2)cc1C. The number of hydrogen-bond donors (Lipinski definition) is 0. The molecule has 0 aliphatic heterocycles. The zero-order valence-corrected chi connectivity index (χ0v) is 13.8. The zero-order valence-electron chi connectivity index (χ0n) is 12.9. The number of hydrogen-bond acceptors (Lipinski definition) is 2. The Morgan fingerprint density at radius 3 is 2.10 bits per heavy atom. The van der Waals surface area contributed by atoms with Crippen LogP contribution in [0.2, 0.25) is 0 Å².